The maximum absolute atomic E-state index is 11.2. The lowest BCUT2D eigenvalue weighted by Gasteiger charge is -2.33. The van der Waals surface area contributed by atoms with Gasteiger partial charge in [0.2, 0.25) is 5.95 Å². The van der Waals surface area contributed by atoms with E-state index in [2.05, 4.69) is 19.9 Å². The molecule has 0 radical (unpaired) electrons. The fourth-order valence-corrected chi connectivity index (χ4v) is 3.05. The summed E-state index contributed by atoms with van der Waals surface area (Å²) in [7, 11) is 0. The van der Waals surface area contributed by atoms with Crippen LogP contribution in [0.4, 0.5) is 5.95 Å². The number of carboxylic acid groups (broad SMARTS) is 1. The summed E-state index contributed by atoms with van der Waals surface area (Å²) in [6.45, 7) is 1.92. The smallest absolute Gasteiger partial charge is 0.335 e. The van der Waals surface area contributed by atoms with Gasteiger partial charge in [-0.15, -0.1) is 0 Å². The van der Waals surface area contributed by atoms with Gasteiger partial charge in [-0.1, -0.05) is 30.3 Å². The van der Waals surface area contributed by atoms with Gasteiger partial charge in [0.1, 0.15) is 6.10 Å². The van der Waals surface area contributed by atoms with Gasteiger partial charge in [-0.3, -0.25) is 4.98 Å². The van der Waals surface area contributed by atoms with Crippen LogP contribution in [0.2, 0.25) is 0 Å². The number of rotatable bonds is 4. The summed E-state index contributed by atoms with van der Waals surface area (Å²) in [5, 5.41) is 9.17. The molecule has 7 nitrogen and oxygen atoms in total. The zero-order valence-corrected chi connectivity index (χ0v) is 14.5. The predicted molar refractivity (Wildman–Crippen MR) is 99.6 cm³/mol. The summed E-state index contributed by atoms with van der Waals surface area (Å²) in [4.78, 5) is 26.5. The average Bonchev–Trinajstić information content (AvgIpc) is 2.75. The second-order valence-corrected chi connectivity index (χ2v) is 6.19. The molecule has 1 atom stereocenters. The molecule has 0 bridgehead atoms. The van der Waals surface area contributed by atoms with E-state index in [1.165, 1.54) is 18.3 Å². The third kappa shape index (κ3) is 3.78. The lowest BCUT2D eigenvalue weighted by molar-refractivity contribution is 0.0392. The van der Waals surface area contributed by atoms with Crippen molar-refractivity contribution in [2.24, 2.45) is 0 Å². The Kier molecular flexibility index (Phi) is 4.76. The Balaban J connectivity index is 1.59. The maximum Gasteiger partial charge on any atom is 0.335 e. The number of morpholine rings is 1. The molecule has 1 aliphatic heterocycles. The first-order valence-electron chi connectivity index (χ1n) is 8.65. The van der Waals surface area contributed by atoms with Gasteiger partial charge in [-0.2, -0.15) is 0 Å². The molecule has 3 aromatic rings. The Bertz CT molecular complexity index is 949. The summed E-state index contributed by atoms with van der Waals surface area (Å²) < 4.78 is 5.90. The molecule has 4 rings (SSSR count). The Morgan fingerprint density at radius 1 is 1.07 bits per heavy atom. The molecule has 0 amide bonds. The highest BCUT2D eigenvalue weighted by Crippen LogP contribution is 2.25. The summed E-state index contributed by atoms with van der Waals surface area (Å²) in [6, 6.07) is 14.8. The van der Waals surface area contributed by atoms with Gasteiger partial charge in [0.15, 0.2) is 0 Å². The maximum atomic E-state index is 11.2. The van der Waals surface area contributed by atoms with E-state index in [1.807, 2.05) is 30.3 Å². The highest BCUT2D eigenvalue weighted by Gasteiger charge is 2.24. The van der Waals surface area contributed by atoms with Crippen LogP contribution in [0, 0.1) is 0 Å². The van der Waals surface area contributed by atoms with Crippen LogP contribution in [-0.2, 0) is 4.74 Å². The standard InChI is InChI=1S/C20H18N4O3/c25-19(26)15-6-8-21-17(12-15)16-7-9-22-20(23-16)24-10-11-27-18(13-24)14-4-2-1-3-5-14/h1-9,12,18H,10-11,13H2,(H,25,26)/t18-/m0/s1. The van der Waals surface area contributed by atoms with E-state index < -0.39 is 5.97 Å². The number of anilines is 1. The number of aromatic carboxylic acids is 1. The first-order chi connectivity index (χ1) is 13.2. The lowest BCUT2D eigenvalue weighted by Crippen LogP contribution is -2.39. The van der Waals surface area contributed by atoms with Crippen LogP contribution in [0.15, 0.2) is 60.9 Å². The van der Waals surface area contributed by atoms with Crippen LogP contribution in [-0.4, -0.2) is 45.7 Å². The van der Waals surface area contributed by atoms with Crippen molar-refractivity contribution in [3.63, 3.8) is 0 Å². The summed E-state index contributed by atoms with van der Waals surface area (Å²) >= 11 is 0. The van der Waals surface area contributed by atoms with E-state index in [1.54, 1.807) is 12.3 Å². The van der Waals surface area contributed by atoms with E-state index in [0.717, 1.165) is 5.56 Å². The third-order valence-electron chi connectivity index (χ3n) is 4.43. The molecular formula is C20H18N4O3. The molecule has 1 aliphatic rings. The molecule has 1 aromatic carbocycles. The second-order valence-electron chi connectivity index (χ2n) is 6.19. The molecule has 0 aliphatic carbocycles. The minimum absolute atomic E-state index is 0.0410. The molecule has 136 valence electrons. The third-order valence-corrected chi connectivity index (χ3v) is 4.43. The lowest BCUT2D eigenvalue weighted by atomic mass is 10.1. The second kappa shape index (κ2) is 7.51. The van der Waals surface area contributed by atoms with E-state index in [4.69, 9.17) is 9.84 Å². The zero-order valence-electron chi connectivity index (χ0n) is 14.5. The molecule has 0 unspecified atom stereocenters. The summed E-state index contributed by atoms with van der Waals surface area (Å²) in [5.41, 5.74) is 2.39. The first-order valence-corrected chi connectivity index (χ1v) is 8.65. The molecule has 2 aromatic heterocycles. The number of ether oxygens (including phenoxy) is 1. The van der Waals surface area contributed by atoms with Crippen molar-refractivity contribution in [2.45, 2.75) is 6.10 Å². The van der Waals surface area contributed by atoms with E-state index in [0.29, 0.717) is 37.0 Å². The van der Waals surface area contributed by atoms with Gasteiger partial charge >= 0.3 is 5.97 Å². The largest absolute Gasteiger partial charge is 0.478 e. The topological polar surface area (TPSA) is 88.4 Å². The van der Waals surface area contributed by atoms with E-state index in [9.17, 15) is 4.79 Å². The number of carbonyl (C=O) groups is 1. The summed E-state index contributed by atoms with van der Waals surface area (Å²) in [5.74, 6) is -0.411. The quantitative estimate of drug-likeness (QED) is 0.763. The van der Waals surface area contributed by atoms with Crippen LogP contribution in [0.25, 0.3) is 11.4 Å². The fourth-order valence-electron chi connectivity index (χ4n) is 3.05. The van der Waals surface area contributed by atoms with Crippen LogP contribution >= 0.6 is 0 Å². The molecule has 1 N–H and O–H groups in total. The molecule has 1 fully saturated rings. The van der Waals surface area contributed by atoms with Crippen molar-refractivity contribution in [1.29, 1.82) is 0 Å². The van der Waals surface area contributed by atoms with Crippen molar-refractivity contribution < 1.29 is 14.6 Å². The van der Waals surface area contributed by atoms with Crippen molar-refractivity contribution in [1.82, 2.24) is 15.0 Å². The Labute approximate surface area is 156 Å². The number of hydrogen-bond acceptors (Lipinski definition) is 6. The molecular weight excluding hydrogens is 344 g/mol. The zero-order chi connectivity index (χ0) is 18.6. The number of nitrogens with zero attached hydrogens (tertiary/aromatic N) is 4. The predicted octanol–water partition coefficient (Wildman–Crippen LogP) is 2.81. The number of hydrogen-bond donors (Lipinski definition) is 1. The Morgan fingerprint density at radius 3 is 2.70 bits per heavy atom. The van der Waals surface area contributed by atoms with Gasteiger partial charge in [0, 0.05) is 18.9 Å². The molecule has 27 heavy (non-hydrogen) atoms. The van der Waals surface area contributed by atoms with E-state index >= 15 is 0 Å². The van der Waals surface area contributed by atoms with Crippen LogP contribution in [0.5, 0.6) is 0 Å². The first kappa shape index (κ1) is 17.1. The van der Waals surface area contributed by atoms with Crippen LogP contribution in [0.3, 0.4) is 0 Å². The van der Waals surface area contributed by atoms with Gasteiger partial charge in [0.25, 0.3) is 0 Å². The average molecular weight is 362 g/mol. The van der Waals surface area contributed by atoms with Crippen molar-refractivity contribution in [2.75, 3.05) is 24.6 Å². The van der Waals surface area contributed by atoms with Crippen LogP contribution < -0.4 is 4.90 Å². The van der Waals surface area contributed by atoms with Crippen LogP contribution in [0.1, 0.15) is 22.0 Å². The minimum atomic E-state index is -0.994. The van der Waals surface area contributed by atoms with Gasteiger partial charge in [-0.25, -0.2) is 14.8 Å². The van der Waals surface area contributed by atoms with Crippen molar-refractivity contribution in [3.05, 3.63) is 72.1 Å². The van der Waals surface area contributed by atoms with Crippen molar-refractivity contribution >= 4 is 11.9 Å². The van der Waals surface area contributed by atoms with Gasteiger partial charge in [0.05, 0.1) is 30.1 Å². The fraction of sp³-hybridized carbons (Fsp3) is 0.200. The number of carboxylic acids is 1. The number of aromatic nitrogens is 3. The molecule has 0 spiro atoms. The monoisotopic (exact) mass is 362 g/mol. The Hall–Kier alpha value is -3.32. The summed E-state index contributed by atoms with van der Waals surface area (Å²) in [6.07, 6.45) is 3.10. The van der Waals surface area contributed by atoms with E-state index in [-0.39, 0.29) is 11.7 Å². The normalized spacial score (nSPS) is 16.9. The Morgan fingerprint density at radius 2 is 1.89 bits per heavy atom. The molecule has 7 heteroatoms. The minimum Gasteiger partial charge on any atom is -0.478 e. The molecule has 0 saturated carbocycles. The molecule has 1 saturated heterocycles. The molecule has 3 heterocycles. The van der Waals surface area contributed by atoms with Gasteiger partial charge in [-0.05, 0) is 23.8 Å². The number of pyridine rings is 1. The SMILES string of the molecule is O=C(O)c1ccnc(-c2ccnc(N3CCO[C@H](c4ccccc4)C3)n2)c1. The highest BCUT2D eigenvalue weighted by atomic mass is 16.5. The highest BCUT2D eigenvalue weighted by molar-refractivity contribution is 5.88. The number of benzene rings is 1. The van der Waals surface area contributed by atoms with Crippen molar-refractivity contribution in [3.8, 4) is 11.4 Å². The van der Waals surface area contributed by atoms with Gasteiger partial charge < -0.3 is 14.7 Å².